The Balaban J connectivity index is 1.74. The summed E-state index contributed by atoms with van der Waals surface area (Å²) in [5, 5.41) is 3.76. The van der Waals surface area contributed by atoms with Gasteiger partial charge in [0.25, 0.3) is 0 Å². The zero-order chi connectivity index (χ0) is 18.7. The van der Waals surface area contributed by atoms with Crippen LogP contribution in [-0.4, -0.2) is 25.0 Å². The molecule has 1 saturated heterocycles. The van der Waals surface area contributed by atoms with Gasteiger partial charge in [-0.15, -0.1) is 0 Å². The number of amides is 2. The molecule has 0 aliphatic carbocycles. The van der Waals surface area contributed by atoms with Crippen molar-refractivity contribution in [3.05, 3.63) is 52.5 Å². The number of ether oxygens (including phenoxy) is 1. The molecule has 2 amide bonds. The lowest BCUT2D eigenvalue weighted by Gasteiger charge is -2.18. The maximum absolute atomic E-state index is 12.6. The number of hydrogen-bond acceptors (Lipinski definition) is 3. The van der Waals surface area contributed by atoms with E-state index >= 15 is 0 Å². The summed E-state index contributed by atoms with van der Waals surface area (Å²) in [7, 11) is 0. The molecule has 1 N–H and O–H groups in total. The summed E-state index contributed by atoms with van der Waals surface area (Å²) in [6.07, 6.45) is 0.117. The Morgan fingerprint density at radius 3 is 2.81 bits per heavy atom. The summed E-state index contributed by atoms with van der Waals surface area (Å²) < 4.78 is 5.52. The largest absolute Gasteiger partial charge is 0.492 e. The Labute approximate surface area is 161 Å². The molecule has 0 radical (unpaired) electrons. The van der Waals surface area contributed by atoms with Crippen molar-refractivity contribution in [1.29, 1.82) is 0 Å². The number of para-hydroxylation sites is 2. The molecule has 2 aromatic rings. The molecule has 1 atom stereocenters. The van der Waals surface area contributed by atoms with Crippen molar-refractivity contribution in [2.45, 2.75) is 13.3 Å². The van der Waals surface area contributed by atoms with Gasteiger partial charge in [-0.25, -0.2) is 0 Å². The van der Waals surface area contributed by atoms with Crippen LogP contribution < -0.4 is 15.0 Å². The minimum atomic E-state index is -0.479. The number of hydrogen-bond donors (Lipinski definition) is 1. The van der Waals surface area contributed by atoms with Crippen molar-refractivity contribution in [2.24, 2.45) is 5.92 Å². The molecule has 26 heavy (non-hydrogen) atoms. The molecule has 7 heteroatoms. The summed E-state index contributed by atoms with van der Waals surface area (Å²) in [6.45, 7) is 2.62. The minimum absolute atomic E-state index is 0.117. The Hall–Kier alpha value is -2.24. The first-order valence-electron chi connectivity index (χ1n) is 8.27. The number of carbonyl (C=O) groups is 2. The van der Waals surface area contributed by atoms with E-state index in [1.54, 1.807) is 30.3 Å². The molecule has 5 nitrogen and oxygen atoms in total. The van der Waals surface area contributed by atoms with Gasteiger partial charge in [0.15, 0.2) is 0 Å². The summed E-state index contributed by atoms with van der Waals surface area (Å²) in [5.74, 6) is -0.270. The monoisotopic (exact) mass is 392 g/mol. The maximum Gasteiger partial charge on any atom is 0.229 e. The van der Waals surface area contributed by atoms with Crippen LogP contribution in [-0.2, 0) is 9.59 Å². The molecule has 1 fully saturated rings. The van der Waals surface area contributed by atoms with Crippen molar-refractivity contribution < 1.29 is 14.3 Å². The molecular weight excluding hydrogens is 375 g/mol. The number of nitrogens with one attached hydrogen (secondary N) is 1. The van der Waals surface area contributed by atoms with Gasteiger partial charge >= 0.3 is 0 Å². The molecule has 1 aliphatic rings. The highest BCUT2D eigenvalue weighted by molar-refractivity contribution is 6.36. The first-order valence-corrected chi connectivity index (χ1v) is 9.03. The summed E-state index contributed by atoms with van der Waals surface area (Å²) in [5.41, 5.74) is 1.11. The lowest BCUT2D eigenvalue weighted by Crippen LogP contribution is -2.28. The summed E-state index contributed by atoms with van der Waals surface area (Å²) in [4.78, 5) is 26.5. The average molecular weight is 393 g/mol. The van der Waals surface area contributed by atoms with Crippen LogP contribution in [0.1, 0.15) is 13.3 Å². The normalized spacial score (nSPS) is 16.7. The van der Waals surface area contributed by atoms with E-state index in [0.29, 0.717) is 33.8 Å². The van der Waals surface area contributed by atoms with Gasteiger partial charge < -0.3 is 15.0 Å². The molecule has 0 saturated carbocycles. The van der Waals surface area contributed by atoms with Crippen molar-refractivity contribution in [2.75, 3.05) is 23.4 Å². The molecule has 1 aliphatic heterocycles. The molecule has 0 unspecified atom stereocenters. The number of halogens is 2. The summed E-state index contributed by atoms with van der Waals surface area (Å²) >= 11 is 12.2. The SMILES string of the molecule is CCOc1ccccc1NC(=O)[C@@H]1CC(=O)N(c2cc(Cl)ccc2Cl)C1. The van der Waals surface area contributed by atoms with Gasteiger partial charge in [0, 0.05) is 18.0 Å². The zero-order valence-electron chi connectivity index (χ0n) is 14.2. The zero-order valence-corrected chi connectivity index (χ0v) is 15.7. The number of anilines is 2. The highest BCUT2D eigenvalue weighted by atomic mass is 35.5. The van der Waals surface area contributed by atoms with E-state index in [2.05, 4.69) is 5.32 Å². The van der Waals surface area contributed by atoms with Gasteiger partial charge in [0.2, 0.25) is 11.8 Å². The van der Waals surface area contributed by atoms with Crippen molar-refractivity contribution in [1.82, 2.24) is 0 Å². The quantitative estimate of drug-likeness (QED) is 0.820. The fourth-order valence-corrected chi connectivity index (χ4v) is 3.28. The highest BCUT2D eigenvalue weighted by Gasteiger charge is 2.36. The number of carbonyl (C=O) groups excluding carboxylic acids is 2. The first-order chi connectivity index (χ1) is 12.5. The first kappa shape index (κ1) is 18.5. The van der Waals surface area contributed by atoms with Crippen LogP contribution in [0.25, 0.3) is 0 Å². The van der Waals surface area contributed by atoms with E-state index in [1.165, 1.54) is 4.90 Å². The molecule has 0 spiro atoms. The van der Waals surface area contributed by atoms with Crippen molar-refractivity contribution >= 4 is 46.4 Å². The molecular formula is C19H18Cl2N2O3. The fraction of sp³-hybridized carbons (Fsp3) is 0.263. The van der Waals surface area contributed by atoms with Crippen LogP contribution in [0, 0.1) is 5.92 Å². The van der Waals surface area contributed by atoms with Crippen LogP contribution >= 0.6 is 23.2 Å². The minimum Gasteiger partial charge on any atom is -0.492 e. The third-order valence-corrected chi connectivity index (χ3v) is 4.69. The van der Waals surface area contributed by atoms with Crippen LogP contribution in [0.4, 0.5) is 11.4 Å². The Morgan fingerprint density at radius 1 is 1.27 bits per heavy atom. The van der Waals surface area contributed by atoms with E-state index in [-0.39, 0.29) is 24.8 Å². The van der Waals surface area contributed by atoms with Crippen LogP contribution in [0.15, 0.2) is 42.5 Å². The Morgan fingerprint density at radius 2 is 2.04 bits per heavy atom. The standard InChI is InChI=1S/C19H18Cl2N2O3/c1-2-26-17-6-4-3-5-15(17)22-19(25)12-9-18(24)23(11-12)16-10-13(20)7-8-14(16)21/h3-8,10,12H,2,9,11H2,1H3,(H,22,25)/t12-/m1/s1. The molecule has 2 aromatic carbocycles. The fourth-order valence-electron chi connectivity index (χ4n) is 2.89. The Bertz CT molecular complexity index is 841. The highest BCUT2D eigenvalue weighted by Crippen LogP contribution is 2.34. The molecule has 136 valence electrons. The average Bonchev–Trinajstić information content (AvgIpc) is 3.01. The van der Waals surface area contributed by atoms with E-state index in [9.17, 15) is 9.59 Å². The van der Waals surface area contributed by atoms with Gasteiger partial charge in [0.05, 0.1) is 28.9 Å². The van der Waals surface area contributed by atoms with Crippen molar-refractivity contribution in [3.8, 4) is 5.75 Å². The maximum atomic E-state index is 12.6. The molecule has 1 heterocycles. The van der Waals surface area contributed by atoms with E-state index in [4.69, 9.17) is 27.9 Å². The van der Waals surface area contributed by atoms with E-state index < -0.39 is 5.92 Å². The van der Waals surface area contributed by atoms with E-state index in [1.807, 2.05) is 19.1 Å². The summed E-state index contributed by atoms with van der Waals surface area (Å²) in [6, 6.07) is 12.1. The number of rotatable bonds is 5. The topological polar surface area (TPSA) is 58.6 Å². The van der Waals surface area contributed by atoms with Gasteiger partial charge in [-0.05, 0) is 37.3 Å². The lowest BCUT2D eigenvalue weighted by atomic mass is 10.1. The predicted molar refractivity (Wildman–Crippen MR) is 103 cm³/mol. The predicted octanol–water partition coefficient (Wildman–Crippen LogP) is 4.38. The van der Waals surface area contributed by atoms with E-state index in [0.717, 1.165) is 0 Å². The van der Waals surface area contributed by atoms with Crippen LogP contribution in [0.3, 0.4) is 0 Å². The van der Waals surface area contributed by atoms with Crippen LogP contribution in [0.2, 0.25) is 10.0 Å². The van der Waals surface area contributed by atoms with Gasteiger partial charge in [0.1, 0.15) is 5.75 Å². The van der Waals surface area contributed by atoms with Crippen molar-refractivity contribution in [3.63, 3.8) is 0 Å². The van der Waals surface area contributed by atoms with Gasteiger partial charge in [-0.2, -0.15) is 0 Å². The molecule has 0 bridgehead atoms. The smallest absolute Gasteiger partial charge is 0.229 e. The van der Waals surface area contributed by atoms with Crippen LogP contribution in [0.5, 0.6) is 5.75 Å². The lowest BCUT2D eigenvalue weighted by molar-refractivity contribution is -0.122. The third kappa shape index (κ3) is 3.94. The van der Waals surface area contributed by atoms with Gasteiger partial charge in [-0.3, -0.25) is 9.59 Å². The second kappa shape index (κ2) is 7.98. The second-order valence-corrected chi connectivity index (χ2v) is 6.76. The molecule has 0 aromatic heterocycles. The Kier molecular flexibility index (Phi) is 5.69. The number of nitrogens with zero attached hydrogens (tertiary/aromatic N) is 1. The third-order valence-electron chi connectivity index (χ3n) is 4.14. The number of benzene rings is 2. The van der Waals surface area contributed by atoms with Gasteiger partial charge in [-0.1, -0.05) is 35.3 Å². The second-order valence-electron chi connectivity index (χ2n) is 5.92. The molecule has 3 rings (SSSR count).